The Morgan fingerprint density at radius 3 is 2.96 bits per heavy atom. The molecule has 27 heavy (non-hydrogen) atoms. The monoisotopic (exact) mass is 373 g/mol. The van der Waals surface area contributed by atoms with Gasteiger partial charge in [-0.2, -0.15) is 0 Å². The van der Waals surface area contributed by atoms with Crippen LogP contribution in [0.2, 0.25) is 0 Å². The lowest BCUT2D eigenvalue weighted by atomic mass is 9.97. The number of nitrogens with zero attached hydrogens (tertiary/aromatic N) is 3. The van der Waals surface area contributed by atoms with Gasteiger partial charge in [0.25, 0.3) is 0 Å². The Balaban J connectivity index is 1.70. The van der Waals surface area contributed by atoms with Crippen molar-refractivity contribution in [2.45, 2.75) is 32.2 Å². The molecule has 3 rings (SSSR count). The van der Waals surface area contributed by atoms with Crippen LogP contribution in [0.25, 0.3) is 0 Å². The topological polar surface area (TPSA) is 76.8 Å². The Kier molecular flexibility index (Phi) is 6.70. The van der Waals surface area contributed by atoms with Gasteiger partial charge in [-0.3, -0.25) is 4.79 Å². The lowest BCUT2D eigenvalue weighted by molar-refractivity contribution is -0.136. The molecule has 0 saturated heterocycles. The Morgan fingerprint density at radius 1 is 1.33 bits per heavy atom. The molecule has 1 unspecified atom stereocenters. The van der Waals surface area contributed by atoms with E-state index in [9.17, 15) is 4.79 Å². The molecule has 0 bridgehead atoms. The maximum absolute atomic E-state index is 11.0. The molecule has 1 aliphatic heterocycles. The summed E-state index contributed by atoms with van der Waals surface area (Å²) < 4.78 is 13.2. The molecule has 0 amide bonds. The summed E-state index contributed by atoms with van der Waals surface area (Å²) in [4.78, 5) is 17.3. The number of hydrogen-bond donors (Lipinski definition) is 1. The molecule has 7 heteroatoms. The predicted molar refractivity (Wildman–Crippen MR) is 102 cm³/mol. The van der Waals surface area contributed by atoms with E-state index in [2.05, 4.69) is 20.5 Å². The van der Waals surface area contributed by atoms with Gasteiger partial charge in [-0.15, -0.1) is 0 Å². The third-order valence-electron chi connectivity index (χ3n) is 4.81. The van der Waals surface area contributed by atoms with E-state index in [1.165, 1.54) is 5.56 Å². The number of carboxylic acids is 1. The van der Waals surface area contributed by atoms with Crippen molar-refractivity contribution in [1.82, 2.24) is 9.55 Å². The minimum atomic E-state index is -0.769. The van der Waals surface area contributed by atoms with E-state index in [1.807, 2.05) is 31.6 Å². The molecule has 1 N–H and O–H groups in total. The number of carbonyl (C=O) groups is 1. The molecule has 146 valence electrons. The highest BCUT2D eigenvalue weighted by atomic mass is 16.5. The number of benzene rings is 1. The number of hydrogen-bond acceptors (Lipinski definition) is 5. The number of fused-ring (bicyclic) bond motifs is 1. The van der Waals surface area contributed by atoms with Crippen LogP contribution < -0.4 is 9.64 Å². The van der Waals surface area contributed by atoms with Crippen LogP contribution >= 0.6 is 0 Å². The summed E-state index contributed by atoms with van der Waals surface area (Å²) in [5.41, 5.74) is 2.35. The average molecular weight is 373 g/mol. The number of anilines is 1. The van der Waals surface area contributed by atoms with Gasteiger partial charge in [0.15, 0.2) is 0 Å². The number of aromatic nitrogens is 2. The third kappa shape index (κ3) is 5.23. The molecule has 0 aliphatic carbocycles. The van der Waals surface area contributed by atoms with Gasteiger partial charge in [-0.25, -0.2) is 4.98 Å². The molecule has 2 heterocycles. The van der Waals surface area contributed by atoms with Crippen molar-refractivity contribution < 1.29 is 19.4 Å². The quantitative estimate of drug-likeness (QED) is 0.611. The van der Waals surface area contributed by atoms with Crippen molar-refractivity contribution >= 4 is 11.7 Å². The Hall–Kier alpha value is -2.54. The number of ether oxygens (including phenoxy) is 2. The van der Waals surface area contributed by atoms with E-state index >= 15 is 0 Å². The zero-order valence-corrected chi connectivity index (χ0v) is 15.7. The number of carboxylic acid groups (broad SMARTS) is 1. The van der Waals surface area contributed by atoms with Crippen molar-refractivity contribution in [2.75, 3.05) is 37.8 Å². The second-order valence-corrected chi connectivity index (χ2v) is 6.64. The fourth-order valence-corrected chi connectivity index (χ4v) is 3.48. The van der Waals surface area contributed by atoms with E-state index in [0.717, 1.165) is 30.9 Å². The number of rotatable bonds is 11. The maximum atomic E-state index is 11.0. The molecular weight excluding hydrogens is 346 g/mol. The molecule has 0 fully saturated rings. The first-order valence-electron chi connectivity index (χ1n) is 9.44. The number of aliphatic carboxylic acids is 1. The summed E-state index contributed by atoms with van der Waals surface area (Å²) >= 11 is 0. The number of aryl methyl sites for hydroxylation is 1. The highest BCUT2D eigenvalue weighted by Crippen LogP contribution is 2.40. The van der Waals surface area contributed by atoms with Crippen molar-refractivity contribution in [3.8, 4) is 5.75 Å². The fraction of sp³-hybridized carbons (Fsp3) is 0.500. The highest BCUT2D eigenvalue weighted by molar-refractivity contribution is 5.69. The summed E-state index contributed by atoms with van der Waals surface area (Å²) in [6.45, 7) is 5.98. The Morgan fingerprint density at radius 2 is 2.22 bits per heavy atom. The van der Waals surface area contributed by atoms with Crippen molar-refractivity contribution in [1.29, 1.82) is 0 Å². The summed E-state index contributed by atoms with van der Waals surface area (Å²) in [5, 5.41) is 9.03. The van der Waals surface area contributed by atoms with Gasteiger partial charge in [0.05, 0.1) is 19.4 Å². The minimum Gasteiger partial charge on any atom is -0.491 e. The normalized spacial score (nSPS) is 15.7. The van der Waals surface area contributed by atoms with E-state index < -0.39 is 5.97 Å². The maximum Gasteiger partial charge on any atom is 0.305 e. The van der Waals surface area contributed by atoms with Gasteiger partial charge in [0.1, 0.15) is 12.4 Å². The van der Waals surface area contributed by atoms with Crippen LogP contribution in [0.5, 0.6) is 5.75 Å². The van der Waals surface area contributed by atoms with Crippen LogP contribution in [0, 0.1) is 0 Å². The first-order valence-corrected chi connectivity index (χ1v) is 9.44. The van der Waals surface area contributed by atoms with Crippen molar-refractivity contribution in [3.05, 3.63) is 42.5 Å². The first-order chi connectivity index (χ1) is 13.2. The van der Waals surface area contributed by atoms with Crippen LogP contribution in [0.15, 0.2) is 36.9 Å². The molecular formula is C20H27N3O4. The molecule has 1 aromatic heterocycles. The summed E-state index contributed by atoms with van der Waals surface area (Å²) in [6.07, 6.45) is 6.68. The lowest BCUT2D eigenvalue weighted by Crippen LogP contribution is -2.25. The van der Waals surface area contributed by atoms with E-state index in [1.54, 1.807) is 6.20 Å². The van der Waals surface area contributed by atoms with Crippen LogP contribution in [0.4, 0.5) is 5.69 Å². The van der Waals surface area contributed by atoms with Crippen LogP contribution in [-0.4, -0.2) is 53.5 Å². The summed E-state index contributed by atoms with van der Waals surface area (Å²) in [5.74, 6) is 0.405. The van der Waals surface area contributed by atoms with Crippen molar-refractivity contribution in [2.24, 2.45) is 0 Å². The second-order valence-electron chi connectivity index (χ2n) is 6.64. The smallest absolute Gasteiger partial charge is 0.305 e. The molecule has 1 atom stereocenters. The zero-order valence-electron chi connectivity index (χ0n) is 15.7. The zero-order chi connectivity index (χ0) is 19.1. The van der Waals surface area contributed by atoms with Gasteiger partial charge in [0, 0.05) is 50.2 Å². The van der Waals surface area contributed by atoms with E-state index in [-0.39, 0.29) is 6.42 Å². The standard InChI is InChI=1S/C20H27N3O4/c1-2-26-11-12-27-17-3-4-19-18(13-17)16(5-8-22-10-7-21-15-22)14-23(19)9-6-20(24)25/h3-4,7,10,13,15-16H,2,5-6,8-9,11-12,14H2,1H3,(H,24,25). The molecule has 0 spiro atoms. The Bertz CT molecular complexity index is 733. The second kappa shape index (κ2) is 9.41. The fourth-order valence-electron chi connectivity index (χ4n) is 3.48. The summed E-state index contributed by atoms with van der Waals surface area (Å²) in [7, 11) is 0. The van der Waals surface area contributed by atoms with Gasteiger partial charge < -0.3 is 24.0 Å². The van der Waals surface area contributed by atoms with Gasteiger partial charge in [0.2, 0.25) is 0 Å². The molecule has 0 saturated carbocycles. The van der Waals surface area contributed by atoms with Gasteiger partial charge >= 0.3 is 5.97 Å². The first kappa shape index (κ1) is 19.2. The minimum absolute atomic E-state index is 0.139. The highest BCUT2D eigenvalue weighted by Gasteiger charge is 2.29. The number of imidazole rings is 1. The Labute approximate surface area is 159 Å². The van der Waals surface area contributed by atoms with Gasteiger partial charge in [-0.1, -0.05) is 0 Å². The van der Waals surface area contributed by atoms with Crippen LogP contribution in [-0.2, 0) is 16.1 Å². The molecule has 7 nitrogen and oxygen atoms in total. The molecule has 0 radical (unpaired) electrons. The van der Waals surface area contributed by atoms with Crippen LogP contribution in [0.1, 0.15) is 31.2 Å². The van der Waals surface area contributed by atoms with Crippen LogP contribution in [0.3, 0.4) is 0 Å². The molecule has 1 aromatic carbocycles. The molecule has 1 aliphatic rings. The van der Waals surface area contributed by atoms with E-state index in [4.69, 9.17) is 14.6 Å². The van der Waals surface area contributed by atoms with Gasteiger partial charge in [-0.05, 0) is 37.1 Å². The largest absolute Gasteiger partial charge is 0.491 e. The van der Waals surface area contributed by atoms with Crippen molar-refractivity contribution in [3.63, 3.8) is 0 Å². The third-order valence-corrected chi connectivity index (χ3v) is 4.81. The predicted octanol–water partition coefficient (Wildman–Crippen LogP) is 2.77. The molecule has 2 aromatic rings. The summed E-state index contributed by atoms with van der Waals surface area (Å²) in [6, 6.07) is 6.10. The average Bonchev–Trinajstić information content (AvgIpc) is 3.29. The SMILES string of the molecule is CCOCCOc1ccc2c(c1)C(CCn1ccnc1)CN2CCC(=O)O. The van der Waals surface area contributed by atoms with E-state index in [0.29, 0.717) is 32.3 Å². The lowest BCUT2D eigenvalue weighted by Gasteiger charge is -2.19.